The van der Waals surface area contributed by atoms with Crippen LogP contribution in [0, 0.1) is 10.1 Å². The monoisotopic (exact) mass is 371 g/mol. The molecule has 3 N–H and O–H groups in total. The van der Waals surface area contributed by atoms with Gasteiger partial charge in [0.1, 0.15) is 6.35 Å². The highest BCUT2D eigenvalue weighted by Gasteiger charge is 2.14. The number of ether oxygens (including phenoxy) is 1. The van der Waals surface area contributed by atoms with E-state index in [4.69, 9.17) is 14.5 Å². The molecule has 1 aromatic carbocycles. The fourth-order valence-electron chi connectivity index (χ4n) is 2.01. The lowest BCUT2D eigenvalue weighted by molar-refractivity contribution is -0.384. The molecule has 0 amide bonds. The molecule has 0 bridgehead atoms. The lowest BCUT2D eigenvalue weighted by Gasteiger charge is -2.09. The lowest BCUT2D eigenvalue weighted by Crippen LogP contribution is -2.31. The van der Waals surface area contributed by atoms with Crippen molar-refractivity contribution in [1.82, 2.24) is 9.55 Å². The maximum atomic E-state index is 12.0. The summed E-state index contributed by atoms with van der Waals surface area (Å²) in [6.07, 6.45) is 0.421. The van der Waals surface area contributed by atoms with Crippen LogP contribution >= 0.6 is 7.60 Å². The van der Waals surface area contributed by atoms with Crippen molar-refractivity contribution in [3.05, 3.63) is 61.4 Å². The predicted molar refractivity (Wildman–Crippen MR) is 86.3 cm³/mol. The molecule has 0 unspecified atom stereocenters. The van der Waals surface area contributed by atoms with E-state index in [9.17, 15) is 24.3 Å². The molecule has 0 fully saturated rings. The summed E-state index contributed by atoms with van der Waals surface area (Å²) in [4.78, 5) is 53.4. The van der Waals surface area contributed by atoms with Gasteiger partial charge < -0.3 is 14.5 Å². The van der Waals surface area contributed by atoms with Crippen molar-refractivity contribution in [2.75, 3.05) is 13.0 Å². The molecule has 2 aromatic rings. The van der Waals surface area contributed by atoms with Crippen LogP contribution in [0.1, 0.15) is 0 Å². The van der Waals surface area contributed by atoms with Crippen LogP contribution in [-0.2, 0) is 15.8 Å². The van der Waals surface area contributed by atoms with E-state index in [0.29, 0.717) is 0 Å². The van der Waals surface area contributed by atoms with Crippen molar-refractivity contribution >= 4 is 13.3 Å². The molecule has 12 heteroatoms. The first-order valence-corrected chi connectivity index (χ1v) is 8.68. The number of rotatable bonds is 7. The minimum Gasteiger partial charge on any atom is -0.367 e. The molecule has 2 rings (SSSR count). The van der Waals surface area contributed by atoms with Crippen LogP contribution in [0.5, 0.6) is 0 Å². The summed E-state index contributed by atoms with van der Waals surface area (Å²) in [5, 5.41) is 10.8. The minimum absolute atomic E-state index is 0.0401. The number of aromatic nitrogens is 2. The quantitative estimate of drug-likeness (QED) is 0.270. The summed E-state index contributed by atoms with van der Waals surface area (Å²) in [6, 6.07) is 5.36. The van der Waals surface area contributed by atoms with Crippen LogP contribution in [0.15, 0.2) is 40.1 Å². The van der Waals surface area contributed by atoms with Crippen LogP contribution < -0.4 is 11.2 Å². The maximum absolute atomic E-state index is 12.0. The molecule has 0 atom stereocenters. The number of H-pyrrole nitrogens is 1. The van der Waals surface area contributed by atoms with E-state index >= 15 is 0 Å². The predicted octanol–water partition coefficient (Wildman–Crippen LogP) is 0.264. The third kappa shape index (κ3) is 5.19. The van der Waals surface area contributed by atoms with E-state index in [1.807, 2.05) is 0 Å². The first-order valence-electron chi connectivity index (χ1n) is 6.88. The summed E-state index contributed by atoms with van der Waals surface area (Å²) < 4.78 is 16.5. The van der Waals surface area contributed by atoms with Gasteiger partial charge in [-0.2, -0.15) is 0 Å². The number of nitrogens with zero attached hydrogens (tertiary/aromatic N) is 2. The van der Waals surface area contributed by atoms with Crippen molar-refractivity contribution in [2.24, 2.45) is 0 Å². The Kier molecular flexibility index (Phi) is 5.65. The Balaban J connectivity index is 2.27. The summed E-state index contributed by atoms with van der Waals surface area (Å²) in [6.45, 7) is -0.247. The van der Waals surface area contributed by atoms with Crippen molar-refractivity contribution in [3.8, 4) is 11.1 Å². The Morgan fingerprint density at radius 1 is 1.32 bits per heavy atom. The topological polar surface area (TPSA) is 165 Å². The molecule has 0 aliphatic carbocycles. The molecule has 1 aromatic heterocycles. The number of non-ortho nitro benzene ring substituents is 1. The van der Waals surface area contributed by atoms with Crippen LogP contribution in [0.25, 0.3) is 11.1 Å². The molecular weight excluding hydrogens is 357 g/mol. The Hall–Kier alpha value is -2.59. The Bertz CT molecular complexity index is 945. The van der Waals surface area contributed by atoms with Gasteiger partial charge in [-0.05, 0) is 5.56 Å². The molecular formula is C13H14N3O8P. The minimum atomic E-state index is -4.31. The highest BCUT2D eigenvalue weighted by Crippen LogP contribution is 2.33. The van der Waals surface area contributed by atoms with Gasteiger partial charge in [0.15, 0.2) is 0 Å². The van der Waals surface area contributed by atoms with E-state index < -0.39 is 30.1 Å². The van der Waals surface area contributed by atoms with Crippen molar-refractivity contribution in [2.45, 2.75) is 6.54 Å². The average molecular weight is 371 g/mol. The second-order valence-electron chi connectivity index (χ2n) is 5.00. The number of nitro groups is 1. The zero-order chi connectivity index (χ0) is 18.6. The maximum Gasteiger partial charge on any atom is 0.350 e. The van der Waals surface area contributed by atoms with Gasteiger partial charge in [0, 0.05) is 18.3 Å². The number of benzene rings is 1. The summed E-state index contributed by atoms with van der Waals surface area (Å²) in [7, 11) is -4.31. The number of hydrogen-bond acceptors (Lipinski definition) is 6. The van der Waals surface area contributed by atoms with Gasteiger partial charge in [0.05, 0.1) is 23.6 Å². The number of aromatic amines is 1. The van der Waals surface area contributed by atoms with Crippen LogP contribution in [-0.4, -0.2) is 37.2 Å². The fraction of sp³-hybridized carbons (Fsp3) is 0.231. The van der Waals surface area contributed by atoms with E-state index in [-0.39, 0.29) is 30.0 Å². The second kappa shape index (κ2) is 7.53. The van der Waals surface area contributed by atoms with E-state index in [2.05, 4.69) is 4.98 Å². The van der Waals surface area contributed by atoms with Gasteiger partial charge in [0.25, 0.3) is 11.2 Å². The van der Waals surface area contributed by atoms with Gasteiger partial charge in [0.2, 0.25) is 0 Å². The van der Waals surface area contributed by atoms with Gasteiger partial charge in [-0.3, -0.25) is 29.0 Å². The molecule has 0 radical (unpaired) electrons. The van der Waals surface area contributed by atoms with E-state index in [1.54, 1.807) is 0 Å². The molecule has 0 aliphatic rings. The second-order valence-corrected chi connectivity index (χ2v) is 6.59. The summed E-state index contributed by atoms with van der Waals surface area (Å²) >= 11 is 0. The molecule has 0 spiro atoms. The van der Waals surface area contributed by atoms with Crippen LogP contribution in [0.3, 0.4) is 0 Å². The van der Waals surface area contributed by atoms with Gasteiger partial charge in [-0.1, -0.05) is 12.1 Å². The first-order chi connectivity index (χ1) is 11.7. The van der Waals surface area contributed by atoms with Crippen molar-refractivity contribution in [3.63, 3.8) is 0 Å². The van der Waals surface area contributed by atoms with Gasteiger partial charge in [-0.15, -0.1) is 0 Å². The van der Waals surface area contributed by atoms with Gasteiger partial charge in [-0.25, -0.2) is 4.79 Å². The zero-order valence-corrected chi connectivity index (χ0v) is 13.6. The molecule has 134 valence electrons. The number of hydrogen-bond donors (Lipinski definition) is 3. The normalized spacial score (nSPS) is 11.4. The molecule has 25 heavy (non-hydrogen) atoms. The van der Waals surface area contributed by atoms with Crippen molar-refractivity contribution < 1.29 is 24.0 Å². The lowest BCUT2D eigenvalue weighted by atomic mass is 10.1. The Morgan fingerprint density at radius 2 is 2.04 bits per heavy atom. The van der Waals surface area contributed by atoms with Gasteiger partial charge >= 0.3 is 13.3 Å². The zero-order valence-electron chi connectivity index (χ0n) is 12.7. The largest absolute Gasteiger partial charge is 0.367 e. The summed E-state index contributed by atoms with van der Waals surface area (Å²) in [5.41, 5.74) is -1.37. The molecule has 1 heterocycles. The summed E-state index contributed by atoms with van der Waals surface area (Å²) in [5.74, 6) is 0. The molecule has 0 saturated carbocycles. The smallest absolute Gasteiger partial charge is 0.350 e. The standard InChI is InChI=1S/C13H14N3O8P/c17-12-11(9-2-1-3-10(6-9)16(19)20)7-15(13(18)14-12)4-5-24-8-25(21,22)23/h1-3,6-7H,4-5,8H2,(H,14,17,18)(H2,21,22,23). The van der Waals surface area contributed by atoms with Crippen LogP contribution in [0.2, 0.25) is 0 Å². The highest BCUT2D eigenvalue weighted by molar-refractivity contribution is 7.51. The first kappa shape index (κ1) is 18.7. The third-order valence-corrected chi connectivity index (χ3v) is 3.63. The molecule has 11 nitrogen and oxygen atoms in total. The Morgan fingerprint density at radius 3 is 2.68 bits per heavy atom. The number of nitrogens with one attached hydrogen (secondary N) is 1. The average Bonchev–Trinajstić information content (AvgIpc) is 2.52. The highest BCUT2D eigenvalue weighted by atomic mass is 31.2. The molecule has 0 saturated heterocycles. The van der Waals surface area contributed by atoms with E-state index in [0.717, 1.165) is 4.57 Å². The SMILES string of the molecule is O=c1[nH]c(=O)n(CCOCP(=O)(O)O)cc1-c1cccc([N+](=O)[O-])c1. The molecule has 0 aliphatic heterocycles. The third-order valence-electron chi connectivity index (χ3n) is 3.11. The Labute approximate surface area is 139 Å². The van der Waals surface area contributed by atoms with E-state index in [1.165, 1.54) is 30.5 Å². The number of nitro benzene ring substituents is 1. The fourth-order valence-corrected chi connectivity index (χ4v) is 2.38. The van der Waals surface area contributed by atoms with Crippen LogP contribution in [0.4, 0.5) is 5.69 Å². The van der Waals surface area contributed by atoms with Crippen molar-refractivity contribution in [1.29, 1.82) is 0 Å².